The van der Waals surface area contributed by atoms with Crippen LogP contribution in [0.4, 0.5) is 0 Å². The van der Waals surface area contributed by atoms with Gasteiger partial charge in [-0.15, -0.1) is 0 Å². The summed E-state index contributed by atoms with van der Waals surface area (Å²) < 4.78 is 5.51. The first-order chi connectivity index (χ1) is 17.4. The highest BCUT2D eigenvalue weighted by Gasteiger charge is 2.29. The van der Waals surface area contributed by atoms with Crippen molar-refractivity contribution >= 4 is 17.7 Å². The number of methoxy groups -OCH3 is 1. The van der Waals surface area contributed by atoms with E-state index in [1.807, 2.05) is 32.0 Å². The molecule has 1 atom stereocenters. The molecule has 1 amide bonds. The lowest BCUT2D eigenvalue weighted by atomic mass is 9.84. The Kier molecular flexibility index (Phi) is 8.47. The van der Waals surface area contributed by atoms with Crippen LogP contribution in [0.15, 0.2) is 47.6 Å². The summed E-state index contributed by atoms with van der Waals surface area (Å²) in [7, 11) is 3.35. The zero-order valence-corrected chi connectivity index (χ0v) is 22.1. The molecule has 1 saturated heterocycles. The zero-order valence-electron chi connectivity index (χ0n) is 22.1. The smallest absolute Gasteiger partial charge is 0.252 e. The summed E-state index contributed by atoms with van der Waals surface area (Å²) in [6, 6.07) is 12.9. The fraction of sp³-hybridized carbons (Fsp3) is 0.467. The van der Waals surface area contributed by atoms with Crippen LogP contribution in [0.5, 0.6) is 5.75 Å². The summed E-state index contributed by atoms with van der Waals surface area (Å²) in [5.41, 5.74) is 11.5. The molecule has 0 radical (unpaired) electrons. The number of nitrogens with two attached hydrogens (primary N) is 1. The van der Waals surface area contributed by atoms with E-state index < -0.39 is 0 Å². The van der Waals surface area contributed by atoms with Gasteiger partial charge in [-0.3, -0.25) is 9.79 Å². The Bertz CT molecular complexity index is 1130. The normalized spacial score (nSPS) is 18.7. The number of carbonyl (C=O) groups excluding carboxylic acids is 1. The second-order valence-corrected chi connectivity index (χ2v) is 10.2. The summed E-state index contributed by atoms with van der Waals surface area (Å²) in [4.78, 5) is 20.2. The number of aliphatic imine (C=N–C) groups is 1. The minimum atomic E-state index is -0.210. The number of amides is 1. The van der Waals surface area contributed by atoms with Crippen molar-refractivity contribution in [3.8, 4) is 5.75 Å². The Labute approximate surface area is 215 Å². The van der Waals surface area contributed by atoms with Gasteiger partial charge in [0.05, 0.1) is 13.2 Å². The zero-order chi connectivity index (χ0) is 25.7. The molecule has 4 rings (SSSR count). The van der Waals surface area contributed by atoms with E-state index in [1.54, 1.807) is 20.4 Å². The van der Waals surface area contributed by atoms with E-state index in [1.165, 1.54) is 57.0 Å². The molecule has 1 saturated carbocycles. The Hall–Kier alpha value is -3.12. The van der Waals surface area contributed by atoms with Gasteiger partial charge in [0, 0.05) is 36.6 Å². The van der Waals surface area contributed by atoms with Crippen LogP contribution < -0.4 is 15.8 Å². The van der Waals surface area contributed by atoms with Gasteiger partial charge in [0.15, 0.2) is 0 Å². The molecule has 2 aromatic carbocycles. The first kappa shape index (κ1) is 26.0. The number of nitrogens with one attached hydrogen (secondary N) is 1. The predicted molar refractivity (Wildman–Crippen MR) is 148 cm³/mol. The molecule has 1 heterocycles. The van der Waals surface area contributed by atoms with E-state index in [9.17, 15) is 4.79 Å². The standard InChI is InChI=1S/C30H40N4O2/c1-20-8-9-23(22-10-12-34(13-11-22)27-6-5-7-27)17-29(20)30(35)33-21(2)24-14-25(16-28(15-24)36-4)26(18-31)19-32-3/h8-9,14-19,21-22,27H,5-7,10-13,31H2,1-4H3,(H,33,35)/t21-/m1/s1. The Morgan fingerprint density at radius 1 is 1.17 bits per heavy atom. The Morgan fingerprint density at radius 3 is 2.53 bits per heavy atom. The molecule has 192 valence electrons. The SMILES string of the molecule is CN=CC(=CN)c1cc(OC)cc([C@@H](C)NC(=O)c2cc(C3CCN(C4CCC4)CC3)ccc2C)c1. The molecule has 6 nitrogen and oxygen atoms in total. The second-order valence-electron chi connectivity index (χ2n) is 10.2. The van der Waals surface area contributed by atoms with Crippen LogP contribution in [0.25, 0.3) is 5.57 Å². The number of hydrogen-bond donors (Lipinski definition) is 2. The number of hydrogen-bond acceptors (Lipinski definition) is 5. The van der Waals surface area contributed by atoms with Crippen molar-refractivity contribution in [1.29, 1.82) is 0 Å². The van der Waals surface area contributed by atoms with Gasteiger partial charge in [-0.2, -0.15) is 0 Å². The van der Waals surface area contributed by atoms with Crippen LogP contribution >= 0.6 is 0 Å². The van der Waals surface area contributed by atoms with Gasteiger partial charge in [-0.1, -0.05) is 18.6 Å². The first-order valence-corrected chi connectivity index (χ1v) is 13.1. The van der Waals surface area contributed by atoms with Crippen LogP contribution in [0.2, 0.25) is 0 Å². The monoisotopic (exact) mass is 488 g/mol. The number of rotatable bonds is 8. The molecule has 0 unspecified atom stereocenters. The van der Waals surface area contributed by atoms with Gasteiger partial charge in [0.1, 0.15) is 5.75 Å². The Balaban J connectivity index is 1.48. The fourth-order valence-electron chi connectivity index (χ4n) is 5.36. The van der Waals surface area contributed by atoms with Crippen molar-refractivity contribution in [3.05, 3.63) is 70.4 Å². The van der Waals surface area contributed by atoms with Crippen molar-refractivity contribution in [2.45, 2.75) is 64.0 Å². The summed E-state index contributed by atoms with van der Waals surface area (Å²) in [5, 5.41) is 3.20. The lowest BCUT2D eigenvalue weighted by Crippen LogP contribution is -2.44. The third kappa shape index (κ3) is 5.81. The molecule has 6 heteroatoms. The summed E-state index contributed by atoms with van der Waals surface area (Å²) in [5.74, 6) is 1.18. The van der Waals surface area contributed by atoms with Gasteiger partial charge in [0.2, 0.25) is 0 Å². The van der Waals surface area contributed by atoms with Crippen LogP contribution in [-0.4, -0.2) is 50.3 Å². The van der Waals surface area contributed by atoms with E-state index >= 15 is 0 Å². The largest absolute Gasteiger partial charge is 0.497 e. The van der Waals surface area contributed by atoms with Gasteiger partial charge in [0.25, 0.3) is 5.91 Å². The molecule has 36 heavy (non-hydrogen) atoms. The fourth-order valence-corrected chi connectivity index (χ4v) is 5.36. The first-order valence-electron chi connectivity index (χ1n) is 13.1. The van der Waals surface area contributed by atoms with Gasteiger partial charge in [-0.25, -0.2) is 0 Å². The number of piperidine rings is 1. The molecule has 2 aromatic rings. The molecular formula is C30H40N4O2. The topological polar surface area (TPSA) is 80.0 Å². The lowest BCUT2D eigenvalue weighted by molar-refractivity contribution is 0.0938. The van der Waals surface area contributed by atoms with Gasteiger partial charge < -0.3 is 20.7 Å². The average molecular weight is 489 g/mol. The number of nitrogens with zero attached hydrogens (tertiary/aromatic N) is 2. The van der Waals surface area contributed by atoms with Crippen LogP contribution in [-0.2, 0) is 0 Å². The maximum Gasteiger partial charge on any atom is 0.252 e. The highest BCUT2D eigenvalue weighted by molar-refractivity contribution is 6.09. The highest BCUT2D eigenvalue weighted by atomic mass is 16.5. The molecule has 0 spiro atoms. The highest BCUT2D eigenvalue weighted by Crippen LogP contribution is 2.34. The number of benzene rings is 2. The van der Waals surface area contributed by atoms with Crippen molar-refractivity contribution in [2.75, 3.05) is 27.2 Å². The molecule has 1 aliphatic heterocycles. The molecule has 1 aliphatic carbocycles. The van der Waals surface area contributed by atoms with Gasteiger partial charge >= 0.3 is 0 Å². The van der Waals surface area contributed by atoms with Crippen LogP contribution in [0.3, 0.4) is 0 Å². The Morgan fingerprint density at radius 2 is 1.92 bits per heavy atom. The third-order valence-corrected chi connectivity index (χ3v) is 7.89. The quantitative estimate of drug-likeness (QED) is 0.499. The number of ether oxygens (including phenoxy) is 1. The third-order valence-electron chi connectivity index (χ3n) is 7.89. The predicted octanol–water partition coefficient (Wildman–Crippen LogP) is 5.23. The lowest BCUT2D eigenvalue weighted by Gasteiger charge is -2.42. The molecular weight excluding hydrogens is 448 g/mol. The molecule has 2 aliphatic rings. The molecule has 0 aromatic heterocycles. The van der Waals surface area contributed by atoms with Crippen molar-refractivity contribution in [1.82, 2.24) is 10.2 Å². The second kappa shape index (κ2) is 11.7. The van der Waals surface area contributed by atoms with Crippen molar-refractivity contribution in [2.24, 2.45) is 10.7 Å². The van der Waals surface area contributed by atoms with E-state index in [0.29, 0.717) is 11.7 Å². The number of carbonyl (C=O) groups is 1. The number of aryl methyl sites for hydroxylation is 1. The minimum Gasteiger partial charge on any atom is -0.497 e. The number of likely N-dealkylation sites (tertiary alicyclic amines) is 1. The van der Waals surface area contributed by atoms with Crippen LogP contribution in [0, 0.1) is 6.92 Å². The molecule has 0 bridgehead atoms. The van der Waals surface area contributed by atoms with E-state index in [4.69, 9.17) is 10.5 Å². The average Bonchev–Trinajstić information content (AvgIpc) is 2.86. The van der Waals surface area contributed by atoms with E-state index in [0.717, 1.165) is 33.9 Å². The van der Waals surface area contributed by atoms with Gasteiger partial charge in [-0.05, 0) is 105 Å². The summed E-state index contributed by atoms with van der Waals surface area (Å²) in [6.45, 7) is 6.34. The van der Waals surface area contributed by atoms with E-state index in [-0.39, 0.29) is 11.9 Å². The van der Waals surface area contributed by atoms with Crippen molar-refractivity contribution in [3.63, 3.8) is 0 Å². The maximum atomic E-state index is 13.4. The van der Waals surface area contributed by atoms with Crippen LogP contribution in [0.1, 0.15) is 83.6 Å². The number of allylic oxidation sites excluding steroid dienone is 1. The molecule has 2 fully saturated rings. The molecule has 3 N–H and O–H groups in total. The van der Waals surface area contributed by atoms with E-state index in [2.05, 4.69) is 33.4 Å². The minimum absolute atomic E-state index is 0.0529. The van der Waals surface area contributed by atoms with Crippen molar-refractivity contribution < 1.29 is 9.53 Å². The maximum absolute atomic E-state index is 13.4. The summed E-state index contributed by atoms with van der Waals surface area (Å²) in [6.07, 6.45) is 9.69. The summed E-state index contributed by atoms with van der Waals surface area (Å²) >= 11 is 0.